The van der Waals surface area contributed by atoms with Gasteiger partial charge in [0.2, 0.25) is 5.91 Å². The van der Waals surface area contributed by atoms with Gasteiger partial charge in [0, 0.05) is 25.2 Å². The first-order chi connectivity index (χ1) is 9.65. The number of anilines is 1. The van der Waals surface area contributed by atoms with E-state index in [1.807, 2.05) is 12.3 Å². The lowest BCUT2D eigenvalue weighted by atomic mass is 9.91. The zero-order chi connectivity index (χ0) is 14.1. The molecule has 1 amide bonds. The molecule has 2 fully saturated rings. The molecule has 1 aromatic rings. The minimum atomic E-state index is -1.02. The number of amides is 1. The van der Waals surface area contributed by atoms with Gasteiger partial charge in [0.1, 0.15) is 17.7 Å². The summed E-state index contributed by atoms with van der Waals surface area (Å²) in [6, 6.07) is 1.93. The van der Waals surface area contributed by atoms with E-state index in [-0.39, 0.29) is 5.92 Å². The van der Waals surface area contributed by atoms with Crippen LogP contribution in [-0.4, -0.2) is 40.2 Å². The highest BCUT2D eigenvalue weighted by Gasteiger charge is 2.30. The van der Waals surface area contributed by atoms with E-state index in [2.05, 4.69) is 14.9 Å². The van der Waals surface area contributed by atoms with Gasteiger partial charge in [-0.05, 0) is 37.7 Å². The molecule has 2 aliphatic rings. The molecular formula is C14H20N4O2. The Morgan fingerprint density at radius 3 is 2.65 bits per heavy atom. The maximum atomic E-state index is 11.0. The minimum absolute atomic E-state index is 0.0338. The molecule has 108 valence electrons. The molecule has 1 aliphatic heterocycles. The van der Waals surface area contributed by atoms with Crippen molar-refractivity contribution in [3.63, 3.8) is 0 Å². The Balaban J connectivity index is 1.63. The van der Waals surface area contributed by atoms with Gasteiger partial charge in [0.25, 0.3) is 0 Å². The second-order valence-corrected chi connectivity index (χ2v) is 5.72. The van der Waals surface area contributed by atoms with Crippen LogP contribution < -0.4 is 10.6 Å². The normalized spacial score (nSPS) is 21.8. The number of aliphatic hydroxyl groups is 1. The maximum absolute atomic E-state index is 11.0. The van der Waals surface area contributed by atoms with Crippen LogP contribution in [0.4, 0.5) is 5.82 Å². The third kappa shape index (κ3) is 2.75. The predicted molar refractivity (Wildman–Crippen MR) is 74.1 cm³/mol. The largest absolute Gasteiger partial charge is 0.383 e. The number of carbonyl (C=O) groups is 1. The predicted octanol–water partition coefficient (Wildman–Crippen LogP) is 0.417. The van der Waals surface area contributed by atoms with Crippen molar-refractivity contribution < 1.29 is 9.90 Å². The molecule has 2 heterocycles. The second-order valence-electron chi connectivity index (χ2n) is 5.72. The maximum Gasteiger partial charge on any atom is 0.246 e. The van der Waals surface area contributed by atoms with Crippen LogP contribution in [0.1, 0.15) is 37.4 Å². The van der Waals surface area contributed by atoms with Crippen molar-refractivity contribution in [2.75, 3.05) is 18.0 Å². The molecule has 6 heteroatoms. The number of piperidine rings is 1. The minimum Gasteiger partial charge on any atom is -0.383 e. The summed E-state index contributed by atoms with van der Waals surface area (Å²) in [6.45, 7) is 1.58. The van der Waals surface area contributed by atoms with Crippen molar-refractivity contribution in [3.8, 4) is 0 Å². The lowest BCUT2D eigenvalue weighted by Crippen LogP contribution is -2.43. The van der Waals surface area contributed by atoms with Crippen molar-refractivity contribution in [1.82, 2.24) is 9.97 Å². The summed E-state index contributed by atoms with van der Waals surface area (Å²) in [5, 5.41) is 9.71. The Morgan fingerprint density at radius 2 is 2.05 bits per heavy atom. The number of rotatable bonds is 4. The topological polar surface area (TPSA) is 92.3 Å². The van der Waals surface area contributed by atoms with E-state index in [4.69, 9.17) is 5.73 Å². The summed E-state index contributed by atoms with van der Waals surface area (Å²) in [7, 11) is 0. The van der Waals surface area contributed by atoms with Crippen molar-refractivity contribution >= 4 is 11.7 Å². The number of hydrogen-bond donors (Lipinski definition) is 2. The van der Waals surface area contributed by atoms with Gasteiger partial charge in [0.05, 0.1) is 0 Å². The Bertz CT molecular complexity index is 496. The summed E-state index contributed by atoms with van der Waals surface area (Å²) in [4.78, 5) is 22.2. The Kier molecular flexibility index (Phi) is 3.56. The second kappa shape index (κ2) is 5.36. The van der Waals surface area contributed by atoms with Gasteiger partial charge in [-0.3, -0.25) is 4.79 Å². The molecule has 0 spiro atoms. The first-order valence-corrected chi connectivity index (χ1v) is 7.20. The number of aliphatic hydroxyl groups excluding tert-OH is 1. The van der Waals surface area contributed by atoms with Gasteiger partial charge in [-0.25, -0.2) is 9.97 Å². The molecule has 0 radical (unpaired) electrons. The zero-order valence-electron chi connectivity index (χ0n) is 11.4. The molecule has 3 rings (SSSR count). The summed E-state index contributed by atoms with van der Waals surface area (Å²) >= 11 is 0. The molecule has 1 saturated heterocycles. The Hall–Kier alpha value is -1.69. The Morgan fingerprint density at radius 1 is 1.35 bits per heavy atom. The van der Waals surface area contributed by atoms with Gasteiger partial charge in [-0.2, -0.15) is 0 Å². The molecule has 1 saturated carbocycles. The van der Waals surface area contributed by atoms with Gasteiger partial charge in [-0.15, -0.1) is 0 Å². The van der Waals surface area contributed by atoms with E-state index in [0.29, 0.717) is 5.92 Å². The number of hydrogen-bond acceptors (Lipinski definition) is 5. The molecule has 1 atom stereocenters. The van der Waals surface area contributed by atoms with E-state index in [0.717, 1.165) is 37.6 Å². The highest BCUT2D eigenvalue weighted by molar-refractivity contribution is 5.78. The van der Waals surface area contributed by atoms with E-state index in [9.17, 15) is 9.90 Å². The zero-order valence-corrected chi connectivity index (χ0v) is 11.4. The highest BCUT2D eigenvalue weighted by atomic mass is 16.3. The van der Waals surface area contributed by atoms with Crippen LogP contribution in [0.25, 0.3) is 0 Å². The summed E-state index contributed by atoms with van der Waals surface area (Å²) < 4.78 is 0. The SMILES string of the molecule is NC(=O)[C@@H](O)C1CCN(c2ccnc(C3CC3)n2)CC1. The van der Waals surface area contributed by atoms with Gasteiger partial charge < -0.3 is 15.7 Å². The smallest absolute Gasteiger partial charge is 0.246 e. The number of aromatic nitrogens is 2. The summed E-state index contributed by atoms with van der Waals surface area (Å²) in [5.41, 5.74) is 5.15. The van der Waals surface area contributed by atoms with Crippen molar-refractivity contribution in [1.29, 1.82) is 0 Å². The number of primary amides is 1. The fourth-order valence-corrected chi connectivity index (χ4v) is 2.75. The van der Waals surface area contributed by atoms with E-state index in [1.54, 1.807) is 0 Å². The molecule has 0 unspecified atom stereocenters. The molecular weight excluding hydrogens is 256 g/mol. The highest BCUT2D eigenvalue weighted by Crippen LogP contribution is 2.38. The third-order valence-electron chi connectivity index (χ3n) is 4.20. The van der Waals surface area contributed by atoms with Crippen molar-refractivity contribution in [2.45, 2.75) is 37.7 Å². The molecule has 0 bridgehead atoms. The summed E-state index contributed by atoms with van der Waals surface area (Å²) in [5.74, 6) is 1.79. The molecule has 3 N–H and O–H groups in total. The molecule has 6 nitrogen and oxygen atoms in total. The van der Waals surface area contributed by atoms with Crippen LogP contribution in [0.15, 0.2) is 12.3 Å². The van der Waals surface area contributed by atoms with Gasteiger partial charge in [0.15, 0.2) is 0 Å². The number of carbonyl (C=O) groups excluding carboxylic acids is 1. The number of nitrogens with two attached hydrogens (primary N) is 1. The first kappa shape index (κ1) is 13.3. The van der Waals surface area contributed by atoms with Crippen molar-refractivity contribution in [2.24, 2.45) is 11.7 Å². The van der Waals surface area contributed by atoms with E-state index >= 15 is 0 Å². The van der Waals surface area contributed by atoms with Crippen LogP contribution in [0.5, 0.6) is 0 Å². The molecule has 0 aromatic carbocycles. The first-order valence-electron chi connectivity index (χ1n) is 7.20. The lowest BCUT2D eigenvalue weighted by molar-refractivity contribution is -0.129. The van der Waals surface area contributed by atoms with Gasteiger partial charge >= 0.3 is 0 Å². The Labute approximate surface area is 118 Å². The van der Waals surface area contributed by atoms with Crippen LogP contribution >= 0.6 is 0 Å². The molecule has 1 aromatic heterocycles. The lowest BCUT2D eigenvalue weighted by Gasteiger charge is -2.34. The fourth-order valence-electron chi connectivity index (χ4n) is 2.75. The van der Waals surface area contributed by atoms with Crippen LogP contribution in [0, 0.1) is 5.92 Å². The van der Waals surface area contributed by atoms with Crippen LogP contribution in [0.2, 0.25) is 0 Å². The number of nitrogens with zero attached hydrogens (tertiary/aromatic N) is 3. The summed E-state index contributed by atoms with van der Waals surface area (Å²) in [6.07, 6.45) is 4.69. The average Bonchev–Trinajstić information content (AvgIpc) is 3.31. The van der Waals surface area contributed by atoms with E-state index < -0.39 is 12.0 Å². The fraction of sp³-hybridized carbons (Fsp3) is 0.643. The average molecular weight is 276 g/mol. The molecule has 1 aliphatic carbocycles. The van der Waals surface area contributed by atoms with Crippen LogP contribution in [-0.2, 0) is 4.79 Å². The van der Waals surface area contributed by atoms with E-state index in [1.165, 1.54) is 12.8 Å². The molecule has 20 heavy (non-hydrogen) atoms. The van der Waals surface area contributed by atoms with Crippen molar-refractivity contribution in [3.05, 3.63) is 18.1 Å². The monoisotopic (exact) mass is 276 g/mol. The third-order valence-corrected chi connectivity index (χ3v) is 4.20. The van der Waals surface area contributed by atoms with Crippen LogP contribution in [0.3, 0.4) is 0 Å². The van der Waals surface area contributed by atoms with Gasteiger partial charge in [-0.1, -0.05) is 0 Å². The quantitative estimate of drug-likeness (QED) is 0.831. The standard InChI is InChI=1S/C14H20N4O2/c15-13(20)12(19)9-4-7-18(8-5-9)11-3-6-16-14(17-11)10-1-2-10/h3,6,9-10,12,19H,1-2,4-5,7-8H2,(H2,15,20)/t12-/m0/s1.